The summed E-state index contributed by atoms with van der Waals surface area (Å²) < 4.78 is 10.8. The summed E-state index contributed by atoms with van der Waals surface area (Å²) in [7, 11) is 1.63. The Morgan fingerprint density at radius 3 is 2.89 bits per heavy atom. The number of carbonyl (C=O) groups is 1. The average molecular weight is 363 g/mol. The molecule has 1 fully saturated rings. The molecule has 1 aromatic heterocycles. The monoisotopic (exact) mass is 363 g/mol. The molecule has 1 saturated heterocycles. The van der Waals surface area contributed by atoms with Crippen molar-refractivity contribution in [3.05, 3.63) is 65.5 Å². The van der Waals surface area contributed by atoms with Gasteiger partial charge in [-0.2, -0.15) is 4.98 Å². The Kier molecular flexibility index (Phi) is 4.62. The van der Waals surface area contributed by atoms with E-state index in [9.17, 15) is 4.79 Å². The first-order valence-corrected chi connectivity index (χ1v) is 8.97. The van der Waals surface area contributed by atoms with Crippen molar-refractivity contribution >= 4 is 5.91 Å². The molecule has 27 heavy (non-hydrogen) atoms. The van der Waals surface area contributed by atoms with Crippen LogP contribution in [0.4, 0.5) is 0 Å². The van der Waals surface area contributed by atoms with Crippen LogP contribution in [0.3, 0.4) is 0 Å². The first-order valence-electron chi connectivity index (χ1n) is 8.97. The van der Waals surface area contributed by atoms with Crippen LogP contribution in [0.15, 0.2) is 53.1 Å². The van der Waals surface area contributed by atoms with Gasteiger partial charge in [-0.05, 0) is 36.6 Å². The number of benzene rings is 2. The Morgan fingerprint density at radius 2 is 2.07 bits per heavy atom. The molecule has 1 aliphatic rings. The predicted octanol–water partition coefficient (Wildman–Crippen LogP) is 3.92. The molecular weight excluding hydrogens is 342 g/mol. The van der Waals surface area contributed by atoms with E-state index in [-0.39, 0.29) is 11.9 Å². The highest BCUT2D eigenvalue weighted by molar-refractivity contribution is 5.79. The summed E-state index contributed by atoms with van der Waals surface area (Å²) in [6.07, 6.45) is 1.16. The number of hydrogen-bond acceptors (Lipinski definition) is 5. The molecule has 1 amide bonds. The predicted molar refractivity (Wildman–Crippen MR) is 100.0 cm³/mol. The van der Waals surface area contributed by atoms with Crippen molar-refractivity contribution in [1.82, 2.24) is 15.0 Å². The molecule has 4 rings (SSSR count). The van der Waals surface area contributed by atoms with Crippen molar-refractivity contribution in [2.75, 3.05) is 7.11 Å². The lowest BCUT2D eigenvalue weighted by Crippen LogP contribution is -2.27. The average Bonchev–Trinajstić information content (AvgIpc) is 3.30. The molecule has 6 heteroatoms. The van der Waals surface area contributed by atoms with Crippen LogP contribution in [0.2, 0.25) is 0 Å². The molecule has 1 unspecified atom stereocenters. The van der Waals surface area contributed by atoms with Gasteiger partial charge in [0.1, 0.15) is 11.8 Å². The van der Waals surface area contributed by atoms with Gasteiger partial charge in [-0.25, -0.2) is 0 Å². The summed E-state index contributed by atoms with van der Waals surface area (Å²) in [5, 5.41) is 4.14. The second-order valence-electron chi connectivity index (χ2n) is 6.70. The zero-order valence-electron chi connectivity index (χ0n) is 15.4. The second-order valence-corrected chi connectivity index (χ2v) is 6.70. The maximum Gasteiger partial charge on any atom is 0.249 e. The number of nitrogens with zero attached hydrogens (tertiary/aromatic N) is 3. The second kappa shape index (κ2) is 7.23. The topological polar surface area (TPSA) is 68.5 Å². The molecule has 0 radical (unpaired) electrons. The minimum Gasteiger partial charge on any atom is -0.497 e. The van der Waals surface area contributed by atoms with E-state index in [1.54, 1.807) is 7.11 Å². The van der Waals surface area contributed by atoms with E-state index in [1.165, 1.54) is 0 Å². The number of aryl methyl sites for hydroxylation is 1. The lowest BCUT2D eigenvalue weighted by molar-refractivity contribution is -0.130. The fraction of sp³-hybridized carbons (Fsp3) is 0.286. The van der Waals surface area contributed by atoms with Crippen molar-refractivity contribution in [2.24, 2.45) is 0 Å². The Morgan fingerprint density at radius 1 is 1.22 bits per heavy atom. The van der Waals surface area contributed by atoms with Gasteiger partial charge in [0.15, 0.2) is 0 Å². The first kappa shape index (κ1) is 17.3. The van der Waals surface area contributed by atoms with Crippen molar-refractivity contribution in [3.63, 3.8) is 0 Å². The standard InChI is InChI=1S/C21H21N3O3/c1-14-6-3-4-9-17(14)20-22-21(27-23-20)18-10-11-19(25)24(18)13-15-7-5-8-16(12-15)26-2/h3-9,12,18H,10-11,13H2,1-2H3. The molecule has 3 aromatic rings. The number of methoxy groups -OCH3 is 1. The summed E-state index contributed by atoms with van der Waals surface area (Å²) in [6, 6.07) is 15.4. The summed E-state index contributed by atoms with van der Waals surface area (Å²) in [5.41, 5.74) is 3.03. The van der Waals surface area contributed by atoms with E-state index >= 15 is 0 Å². The molecule has 2 heterocycles. The number of hydrogen-bond donors (Lipinski definition) is 0. The normalized spacial score (nSPS) is 16.7. The van der Waals surface area contributed by atoms with Crippen LogP contribution in [0, 0.1) is 6.92 Å². The van der Waals surface area contributed by atoms with Gasteiger partial charge < -0.3 is 14.2 Å². The molecule has 0 N–H and O–H groups in total. The first-order chi connectivity index (χ1) is 13.2. The van der Waals surface area contributed by atoms with Crippen LogP contribution < -0.4 is 4.74 Å². The number of likely N-dealkylation sites (tertiary alicyclic amines) is 1. The highest BCUT2D eigenvalue weighted by Gasteiger charge is 2.36. The number of amides is 1. The Labute approximate surface area is 157 Å². The zero-order chi connectivity index (χ0) is 18.8. The van der Waals surface area contributed by atoms with E-state index < -0.39 is 0 Å². The van der Waals surface area contributed by atoms with Crippen LogP contribution in [0.25, 0.3) is 11.4 Å². The van der Waals surface area contributed by atoms with E-state index in [2.05, 4.69) is 10.1 Å². The summed E-state index contributed by atoms with van der Waals surface area (Å²) in [5.74, 6) is 1.92. The lowest BCUT2D eigenvalue weighted by atomic mass is 10.1. The molecule has 1 aliphatic heterocycles. The van der Waals surface area contributed by atoms with Crippen molar-refractivity contribution < 1.29 is 14.1 Å². The summed E-state index contributed by atoms with van der Waals surface area (Å²) >= 11 is 0. The number of rotatable bonds is 5. The van der Waals surface area contributed by atoms with Gasteiger partial charge in [-0.15, -0.1) is 0 Å². The van der Waals surface area contributed by atoms with Crippen molar-refractivity contribution in [1.29, 1.82) is 0 Å². The van der Waals surface area contributed by atoms with Crippen LogP contribution in [-0.4, -0.2) is 28.1 Å². The maximum atomic E-state index is 12.5. The third kappa shape index (κ3) is 3.43. The molecule has 138 valence electrons. The fourth-order valence-electron chi connectivity index (χ4n) is 3.46. The number of aromatic nitrogens is 2. The van der Waals surface area contributed by atoms with Gasteiger partial charge in [0.05, 0.1) is 7.11 Å². The smallest absolute Gasteiger partial charge is 0.249 e. The van der Waals surface area contributed by atoms with Crippen molar-refractivity contribution in [2.45, 2.75) is 32.4 Å². The van der Waals surface area contributed by atoms with Gasteiger partial charge in [0, 0.05) is 18.5 Å². The fourth-order valence-corrected chi connectivity index (χ4v) is 3.46. The van der Waals surface area contributed by atoms with Gasteiger partial charge in [0.25, 0.3) is 0 Å². The molecule has 0 aliphatic carbocycles. The van der Waals surface area contributed by atoms with Crippen LogP contribution in [0.5, 0.6) is 5.75 Å². The molecule has 0 spiro atoms. The molecule has 0 saturated carbocycles. The summed E-state index contributed by atoms with van der Waals surface area (Å²) in [4.78, 5) is 18.8. The largest absolute Gasteiger partial charge is 0.497 e. The lowest BCUT2D eigenvalue weighted by Gasteiger charge is -2.22. The number of carbonyl (C=O) groups excluding carboxylic acids is 1. The molecule has 1 atom stereocenters. The zero-order valence-corrected chi connectivity index (χ0v) is 15.4. The minimum atomic E-state index is -0.200. The van der Waals surface area contributed by atoms with Crippen LogP contribution in [0.1, 0.15) is 35.9 Å². The highest BCUT2D eigenvalue weighted by atomic mass is 16.5. The van der Waals surface area contributed by atoms with Crippen LogP contribution >= 0.6 is 0 Å². The maximum absolute atomic E-state index is 12.5. The minimum absolute atomic E-state index is 0.0958. The SMILES string of the molecule is COc1cccc(CN2C(=O)CCC2c2nc(-c3ccccc3C)no2)c1. The quantitative estimate of drug-likeness (QED) is 0.687. The highest BCUT2D eigenvalue weighted by Crippen LogP contribution is 2.34. The number of ether oxygens (including phenoxy) is 1. The van der Waals surface area contributed by atoms with Gasteiger partial charge >= 0.3 is 0 Å². The third-order valence-electron chi connectivity index (χ3n) is 4.93. The Bertz CT molecular complexity index is 967. The van der Waals surface area contributed by atoms with E-state index in [4.69, 9.17) is 9.26 Å². The molecule has 6 nitrogen and oxygen atoms in total. The van der Waals surface area contributed by atoms with E-state index in [1.807, 2.05) is 60.4 Å². The Hall–Kier alpha value is -3.15. The Balaban J connectivity index is 1.59. The van der Waals surface area contributed by atoms with Gasteiger partial charge in [0.2, 0.25) is 17.6 Å². The van der Waals surface area contributed by atoms with E-state index in [0.717, 1.165) is 22.4 Å². The molecule has 2 aromatic carbocycles. The summed E-state index contributed by atoms with van der Waals surface area (Å²) in [6.45, 7) is 2.50. The molecular formula is C21H21N3O3. The molecule has 0 bridgehead atoms. The van der Waals surface area contributed by atoms with Crippen molar-refractivity contribution in [3.8, 4) is 17.1 Å². The third-order valence-corrected chi connectivity index (χ3v) is 4.93. The van der Waals surface area contributed by atoms with Crippen LogP contribution in [-0.2, 0) is 11.3 Å². The van der Waals surface area contributed by atoms with E-state index in [0.29, 0.717) is 31.1 Å². The van der Waals surface area contributed by atoms with Gasteiger partial charge in [-0.3, -0.25) is 4.79 Å². The van der Waals surface area contributed by atoms with Gasteiger partial charge in [-0.1, -0.05) is 41.6 Å².